The van der Waals surface area contributed by atoms with Crippen molar-refractivity contribution >= 4 is 56.3 Å². The average molecular weight is 511 g/mol. The molecule has 11 heteroatoms. The maximum absolute atomic E-state index is 13.1. The number of carbonyl (C=O) groups excluding carboxylic acids is 1. The van der Waals surface area contributed by atoms with E-state index in [0.717, 1.165) is 31.4 Å². The van der Waals surface area contributed by atoms with Gasteiger partial charge in [0, 0.05) is 41.2 Å². The van der Waals surface area contributed by atoms with Crippen LogP contribution < -0.4 is 14.5 Å². The highest BCUT2D eigenvalue weighted by Crippen LogP contribution is 2.41. The summed E-state index contributed by atoms with van der Waals surface area (Å²) in [6.45, 7) is 0.322. The summed E-state index contributed by atoms with van der Waals surface area (Å²) in [6.07, 6.45) is 5.00. The number of halogens is 2. The number of hydrogen-bond acceptors (Lipinski definition) is 6. The molecule has 176 valence electrons. The summed E-state index contributed by atoms with van der Waals surface area (Å²) in [5, 5.41) is 13.5. The molecular weight excluding hydrogens is 487 g/mol. The molecule has 4 heterocycles. The molecule has 3 aliphatic heterocycles. The number of aliphatic hydroxyl groups excluding tert-OH is 1. The number of piperidine rings is 1. The van der Waals surface area contributed by atoms with Crippen LogP contribution in [0.2, 0.25) is 10.0 Å². The van der Waals surface area contributed by atoms with E-state index in [0.29, 0.717) is 23.7 Å². The lowest BCUT2D eigenvalue weighted by atomic mass is 9.99. The molecule has 2 N–H and O–H groups in total. The Morgan fingerprint density at radius 1 is 1.12 bits per heavy atom. The van der Waals surface area contributed by atoms with E-state index in [4.69, 9.17) is 23.2 Å². The highest BCUT2D eigenvalue weighted by molar-refractivity contribution is 7.93. The van der Waals surface area contributed by atoms with E-state index in [-0.39, 0.29) is 40.3 Å². The second kappa shape index (κ2) is 8.61. The third-order valence-electron chi connectivity index (χ3n) is 6.59. The van der Waals surface area contributed by atoms with Crippen molar-refractivity contribution in [2.45, 2.75) is 50.3 Å². The third-order valence-corrected chi connectivity index (χ3v) is 8.95. The Kier molecular flexibility index (Phi) is 5.93. The molecule has 0 aliphatic carbocycles. The maximum Gasteiger partial charge on any atom is 0.257 e. The number of benzene rings is 1. The van der Waals surface area contributed by atoms with E-state index in [1.54, 1.807) is 6.07 Å². The quantitative estimate of drug-likeness (QED) is 0.650. The number of nitrogens with zero attached hydrogens (tertiary/aromatic N) is 3. The van der Waals surface area contributed by atoms with E-state index >= 15 is 0 Å². The van der Waals surface area contributed by atoms with Crippen molar-refractivity contribution in [1.82, 2.24) is 4.98 Å². The van der Waals surface area contributed by atoms with Gasteiger partial charge >= 0.3 is 0 Å². The van der Waals surface area contributed by atoms with Crippen molar-refractivity contribution in [3.8, 4) is 0 Å². The molecule has 2 bridgehead atoms. The first-order chi connectivity index (χ1) is 15.7. The van der Waals surface area contributed by atoms with Crippen LogP contribution in [-0.2, 0) is 10.0 Å². The number of fused-ring (bicyclic) bond motifs is 2. The van der Waals surface area contributed by atoms with Gasteiger partial charge in [-0.15, -0.1) is 0 Å². The van der Waals surface area contributed by atoms with Gasteiger partial charge in [0.15, 0.2) is 0 Å². The van der Waals surface area contributed by atoms with E-state index < -0.39 is 15.9 Å². The number of rotatable bonds is 4. The van der Waals surface area contributed by atoms with Gasteiger partial charge in [0.1, 0.15) is 5.82 Å². The standard InChI is InChI=1S/C22H24Cl2N4O4S/c23-13-6-14(8-17(7-13)28-15-2-3-16(28)10-18(29)9-15)26-22(30)19-11-21(25-12-20(19)24)27-4-1-5-33(27,31)32/h6-8,11-12,15-16,18,29H,1-5,9-10H2,(H,26,30). The molecule has 0 saturated carbocycles. The molecule has 3 fully saturated rings. The predicted molar refractivity (Wildman–Crippen MR) is 129 cm³/mol. The summed E-state index contributed by atoms with van der Waals surface area (Å²) in [7, 11) is -3.43. The minimum atomic E-state index is -3.43. The van der Waals surface area contributed by atoms with Gasteiger partial charge in [0.25, 0.3) is 5.91 Å². The Morgan fingerprint density at radius 2 is 1.85 bits per heavy atom. The van der Waals surface area contributed by atoms with Crippen molar-refractivity contribution < 1.29 is 18.3 Å². The van der Waals surface area contributed by atoms with Crippen LogP contribution in [0.4, 0.5) is 17.2 Å². The van der Waals surface area contributed by atoms with E-state index in [1.807, 2.05) is 12.1 Å². The number of carbonyl (C=O) groups is 1. The highest BCUT2D eigenvalue weighted by atomic mass is 35.5. The largest absolute Gasteiger partial charge is 0.393 e. The average Bonchev–Trinajstić information content (AvgIpc) is 3.23. The highest BCUT2D eigenvalue weighted by Gasteiger charge is 2.40. The fourth-order valence-electron chi connectivity index (χ4n) is 5.20. The van der Waals surface area contributed by atoms with Crippen molar-refractivity contribution in [2.75, 3.05) is 26.8 Å². The molecule has 33 heavy (non-hydrogen) atoms. The summed E-state index contributed by atoms with van der Waals surface area (Å²) >= 11 is 12.6. The van der Waals surface area contributed by atoms with Gasteiger partial charge in [0.2, 0.25) is 10.0 Å². The van der Waals surface area contributed by atoms with Crippen LogP contribution >= 0.6 is 23.2 Å². The minimum Gasteiger partial charge on any atom is -0.393 e. The van der Waals surface area contributed by atoms with Crippen LogP contribution in [0.3, 0.4) is 0 Å². The number of amides is 1. The zero-order valence-electron chi connectivity index (χ0n) is 17.7. The summed E-state index contributed by atoms with van der Waals surface area (Å²) in [5.41, 5.74) is 1.55. The van der Waals surface area contributed by atoms with Crippen LogP contribution in [-0.4, -0.2) is 54.9 Å². The molecule has 1 aromatic heterocycles. The van der Waals surface area contributed by atoms with Gasteiger partial charge in [-0.3, -0.25) is 9.10 Å². The molecule has 5 rings (SSSR count). The molecule has 8 nitrogen and oxygen atoms in total. The van der Waals surface area contributed by atoms with Crippen molar-refractivity contribution in [1.29, 1.82) is 0 Å². The van der Waals surface area contributed by atoms with Gasteiger partial charge in [-0.25, -0.2) is 13.4 Å². The van der Waals surface area contributed by atoms with Gasteiger partial charge in [-0.1, -0.05) is 23.2 Å². The number of aromatic nitrogens is 1. The van der Waals surface area contributed by atoms with Crippen molar-refractivity contribution in [3.63, 3.8) is 0 Å². The first kappa shape index (κ1) is 22.7. The SMILES string of the molecule is O=C(Nc1cc(Cl)cc(N2C3CCC2CC(O)C3)c1)c1cc(N2CCCS2(=O)=O)ncc1Cl. The minimum absolute atomic E-state index is 0.0552. The number of aliphatic hydroxyl groups is 1. The summed E-state index contributed by atoms with van der Waals surface area (Å²) in [4.78, 5) is 19.5. The monoisotopic (exact) mass is 510 g/mol. The van der Waals surface area contributed by atoms with Gasteiger partial charge in [-0.05, 0) is 56.4 Å². The Labute approximate surface area is 202 Å². The van der Waals surface area contributed by atoms with Crippen molar-refractivity contribution in [3.05, 3.63) is 46.1 Å². The molecule has 3 aliphatic rings. The lowest BCUT2D eigenvalue weighted by Gasteiger charge is -2.39. The van der Waals surface area contributed by atoms with Crippen LogP contribution in [0.5, 0.6) is 0 Å². The number of anilines is 3. The van der Waals surface area contributed by atoms with Crippen LogP contribution in [0.25, 0.3) is 0 Å². The smallest absolute Gasteiger partial charge is 0.257 e. The second-order valence-electron chi connectivity index (χ2n) is 8.83. The first-order valence-electron chi connectivity index (χ1n) is 11.0. The van der Waals surface area contributed by atoms with Crippen LogP contribution in [0.1, 0.15) is 42.5 Å². The summed E-state index contributed by atoms with van der Waals surface area (Å²) < 4.78 is 25.7. The van der Waals surface area contributed by atoms with Crippen LogP contribution in [0.15, 0.2) is 30.5 Å². The first-order valence-corrected chi connectivity index (χ1v) is 13.3. The predicted octanol–water partition coefficient (Wildman–Crippen LogP) is 3.67. The van der Waals surface area contributed by atoms with Gasteiger partial charge < -0.3 is 15.3 Å². The number of nitrogens with one attached hydrogen (secondary N) is 1. The molecule has 2 unspecified atom stereocenters. The van der Waals surface area contributed by atoms with E-state index in [9.17, 15) is 18.3 Å². The fraction of sp³-hybridized carbons (Fsp3) is 0.455. The Bertz CT molecular complexity index is 1190. The zero-order valence-corrected chi connectivity index (χ0v) is 20.1. The Morgan fingerprint density at radius 3 is 2.52 bits per heavy atom. The van der Waals surface area contributed by atoms with E-state index in [2.05, 4.69) is 15.2 Å². The summed E-state index contributed by atoms with van der Waals surface area (Å²) in [5.74, 6) is -0.248. The number of pyridine rings is 1. The maximum atomic E-state index is 13.1. The van der Waals surface area contributed by atoms with Crippen molar-refractivity contribution in [2.24, 2.45) is 0 Å². The normalized spacial score (nSPS) is 26.0. The van der Waals surface area contributed by atoms with Crippen LogP contribution in [0, 0.1) is 0 Å². The molecule has 1 amide bonds. The molecule has 0 radical (unpaired) electrons. The zero-order chi connectivity index (χ0) is 23.3. The lowest BCUT2D eigenvalue weighted by molar-refractivity contribution is 0.102. The second-order valence-corrected chi connectivity index (χ2v) is 11.7. The third kappa shape index (κ3) is 4.39. The molecule has 1 aromatic carbocycles. The van der Waals surface area contributed by atoms with Gasteiger partial charge in [-0.2, -0.15) is 0 Å². The lowest BCUT2D eigenvalue weighted by Crippen LogP contribution is -2.44. The number of hydrogen-bond donors (Lipinski definition) is 2. The fourth-order valence-corrected chi connectivity index (χ4v) is 7.12. The van der Waals surface area contributed by atoms with E-state index in [1.165, 1.54) is 16.6 Å². The topological polar surface area (TPSA) is 103 Å². The molecule has 0 spiro atoms. The molecule has 2 atom stereocenters. The van der Waals surface area contributed by atoms with Gasteiger partial charge in [0.05, 0.1) is 22.4 Å². The Hall–Kier alpha value is -2.07. The summed E-state index contributed by atoms with van der Waals surface area (Å²) in [6, 6.07) is 7.30. The molecule has 2 aromatic rings. The Balaban J connectivity index is 1.40. The molecule has 3 saturated heterocycles. The molecular formula is C22H24Cl2N4O4S. The number of sulfonamides is 1.